The number of hydrogen-bond donors (Lipinski definition) is 2. The van der Waals surface area contributed by atoms with Gasteiger partial charge in [-0.2, -0.15) is 0 Å². The highest BCUT2D eigenvalue weighted by Crippen LogP contribution is 2.25. The summed E-state index contributed by atoms with van der Waals surface area (Å²) in [5, 5.41) is 9.44. The molecule has 0 aromatic heterocycles. The van der Waals surface area contributed by atoms with Gasteiger partial charge in [-0.25, -0.2) is 13.1 Å². The Morgan fingerprint density at radius 1 is 1.32 bits per heavy atom. The minimum absolute atomic E-state index is 0.0176. The summed E-state index contributed by atoms with van der Waals surface area (Å²) in [6, 6.07) is 3.36. The van der Waals surface area contributed by atoms with Crippen molar-refractivity contribution < 1.29 is 18.3 Å². The number of hydrogen-bond acceptors (Lipinski definition) is 4. The molecule has 19 heavy (non-hydrogen) atoms. The Labute approximate surface area is 114 Å². The van der Waals surface area contributed by atoms with Crippen LogP contribution in [0.4, 0.5) is 0 Å². The lowest BCUT2D eigenvalue weighted by atomic mass is 10.1. The average molecular weight is 287 g/mol. The zero-order valence-corrected chi connectivity index (χ0v) is 12.5. The van der Waals surface area contributed by atoms with Gasteiger partial charge in [-0.05, 0) is 43.5 Å². The topological polar surface area (TPSA) is 75.6 Å². The van der Waals surface area contributed by atoms with E-state index >= 15 is 0 Å². The highest BCUT2D eigenvalue weighted by atomic mass is 32.2. The molecular formula is C13H21NO4S. The largest absolute Gasteiger partial charge is 0.497 e. The second-order valence-electron chi connectivity index (χ2n) is 4.50. The number of aliphatic hydroxyl groups excluding tert-OH is 1. The predicted molar refractivity (Wildman–Crippen MR) is 74.0 cm³/mol. The van der Waals surface area contributed by atoms with Crippen LogP contribution in [0.5, 0.6) is 5.75 Å². The molecule has 5 nitrogen and oxygen atoms in total. The fraction of sp³-hybridized carbons (Fsp3) is 0.538. The first-order valence-electron chi connectivity index (χ1n) is 6.14. The standard InChI is InChI=1S/C13H21NO4S/c1-5-11(15)8-14-19(16,17)13-9(2)6-12(18-4)7-10(13)3/h6-7,11,14-15H,5,8H2,1-4H3. The van der Waals surface area contributed by atoms with Crippen LogP contribution in [0.1, 0.15) is 24.5 Å². The van der Waals surface area contributed by atoms with Crippen LogP contribution in [0.2, 0.25) is 0 Å². The number of aliphatic hydroxyl groups is 1. The van der Waals surface area contributed by atoms with E-state index in [1.807, 2.05) is 0 Å². The first-order valence-corrected chi connectivity index (χ1v) is 7.63. The van der Waals surface area contributed by atoms with E-state index in [1.165, 1.54) is 7.11 Å². The van der Waals surface area contributed by atoms with Crippen molar-refractivity contribution in [2.75, 3.05) is 13.7 Å². The molecule has 0 saturated heterocycles. The van der Waals surface area contributed by atoms with Crippen LogP contribution in [0.25, 0.3) is 0 Å². The molecule has 1 aromatic rings. The smallest absolute Gasteiger partial charge is 0.241 e. The molecule has 0 fully saturated rings. The van der Waals surface area contributed by atoms with Crippen molar-refractivity contribution in [2.24, 2.45) is 0 Å². The number of aryl methyl sites for hydroxylation is 2. The van der Waals surface area contributed by atoms with E-state index < -0.39 is 16.1 Å². The third kappa shape index (κ3) is 3.92. The van der Waals surface area contributed by atoms with Gasteiger partial charge in [0.25, 0.3) is 0 Å². The molecule has 1 rings (SSSR count). The van der Waals surface area contributed by atoms with Crippen molar-refractivity contribution in [1.82, 2.24) is 4.72 Å². The van der Waals surface area contributed by atoms with Gasteiger partial charge < -0.3 is 9.84 Å². The summed E-state index contributed by atoms with van der Waals surface area (Å²) in [7, 11) is -2.08. The Kier molecular flexibility index (Phi) is 5.34. The van der Waals surface area contributed by atoms with Crippen molar-refractivity contribution in [3.63, 3.8) is 0 Å². The molecule has 1 aromatic carbocycles. The lowest BCUT2D eigenvalue weighted by Crippen LogP contribution is -2.32. The average Bonchev–Trinajstić information content (AvgIpc) is 2.34. The Morgan fingerprint density at radius 3 is 2.26 bits per heavy atom. The number of rotatable bonds is 6. The quantitative estimate of drug-likeness (QED) is 0.828. The summed E-state index contributed by atoms with van der Waals surface area (Å²) in [6.07, 6.45) is -0.169. The van der Waals surface area contributed by atoms with Gasteiger partial charge in [-0.3, -0.25) is 0 Å². The maximum Gasteiger partial charge on any atom is 0.241 e. The van der Waals surface area contributed by atoms with Gasteiger partial charge in [0, 0.05) is 6.54 Å². The van der Waals surface area contributed by atoms with Crippen LogP contribution >= 0.6 is 0 Å². The van der Waals surface area contributed by atoms with Gasteiger partial charge in [0.05, 0.1) is 18.1 Å². The molecule has 0 aliphatic carbocycles. The summed E-state index contributed by atoms with van der Waals surface area (Å²) in [5.41, 5.74) is 1.24. The second kappa shape index (κ2) is 6.36. The highest BCUT2D eigenvalue weighted by Gasteiger charge is 2.21. The summed E-state index contributed by atoms with van der Waals surface area (Å²) < 4.78 is 32.0. The summed E-state index contributed by atoms with van der Waals surface area (Å²) in [6.45, 7) is 5.26. The van der Waals surface area contributed by atoms with Crippen molar-refractivity contribution >= 4 is 10.0 Å². The van der Waals surface area contributed by atoms with Gasteiger partial charge in [-0.15, -0.1) is 0 Å². The molecule has 0 saturated carbocycles. The molecule has 0 heterocycles. The molecule has 1 atom stereocenters. The van der Waals surface area contributed by atoms with Crippen LogP contribution in [-0.4, -0.2) is 33.3 Å². The lowest BCUT2D eigenvalue weighted by Gasteiger charge is -2.15. The monoisotopic (exact) mass is 287 g/mol. The number of methoxy groups -OCH3 is 1. The fourth-order valence-corrected chi connectivity index (χ4v) is 3.40. The molecule has 108 valence electrons. The van der Waals surface area contributed by atoms with Crippen LogP contribution < -0.4 is 9.46 Å². The zero-order valence-electron chi connectivity index (χ0n) is 11.7. The molecule has 0 amide bonds. The maximum atomic E-state index is 12.2. The van der Waals surface area contributed by atoms with Gasteiger partial charge in [-0.1, -0.05) is 6.92 Å². The molecular weight excluding hydrogens is 266 g/mol. The van der Waals surface area contributed by atoms with E-state index in [1.54, 1.807) is 32.9 Å². The first-order chi connectivity index (χ1) is 8.81. The number of sulfonamides is 1. The number of benzene rings is 1. The molecule has 0 spiro atoms. The molecule has 1 unspecified atom stereocenters. The van der Waals surface area contributed by atoms with Crippen molar-refractivity contribution in [3.8, 4) is 5.75 Å². The van der Waals surface area contributed by atoms with Gasteiger partial charge in [0.15, 0.2) is 0 Å². The van der Waals surface area contributed by atoms with Crippen molar-refractivity contribution in [3.05, 3.63) is 23.3 Å². The summed E-state index contributed by atoms with van der Waals surface area (Å²) in [4.78, 5) is 0.247. The summed E-state index contributed by atoms with van der Waals surface area (Å²) >= 11 is 0. The molecule has 0 aliphatic heterocycles. The highest BCUT2D eigenvalue weighted by molar-refractivity contribution is 7.89. The van der Waals surface area contributed by atoms with E-state index in [2.05, 4.69) is 4.72 Å². The normalized spacial score (nSPS) is 13.3. The lowest BCUT2D eigenvalue weighted by molar-refractivity contribution is 0.174. The number of ether oxygens (including phenoxy) is 1. The van der Waals surface area contributed by atoms with Crippen LogP contribution in [0.3, 0.4) is 0 Å². The van der Waals surface area contributed by atoms with Gasteiger partial charge in [0.1, 0.15) is 5.75 Å². The second-order valence-corrected chi connectivity index (χ2v) is 6.21. The van der Waals surface area contributed by atoms with Crippen LogP contribution in [-0.2, 0) is 10.0 Å². The van der Waals surface area contributed by atoms with Gasteiger partial charge >= 0.3 is 0 Å². The van der Waals surface area contributed by atoms with E-state index in [4.69, 9.17) is 4.74 Å². The minimum Gasteiger partial charge on any atom is -0.497 e. The molecule has 2 N–H and O–H groups in total. The Bertz CT molecular complexity index is 517. The van der Waals surface area contributed by atoms with E-state index in [9.17, 15) is 13.5 Å². The minimum atomic E-state index is -3.62. The Morgan fingerprint density at radius 2 is 1.84 bits per heavy atom. The fourth-order valence-electron chi connectivity index (χ4n) is 1.87. The van der Waals surface area contributed by atoms with Crippen molar-refractivity contribution in [2.45, 2.75) is 38.2 Å². The molecule has 0 aliphatic rings. The molecule has 0 bridgehead atoms. The van der Waals surface area contributed by atoms with E-state index in [-0.39, 0.29) is 11.4 Å². The van der Waals surface area contributed by atoms with Crippen LogP contribution in [0.15, 0.2) is 17.0 Å². The SMILES string of the molecule is CCC(O)CNS(=O)(=O)c1c(C)cc(OC)cc1C. The third-order valence-corrected chi connectivity index (χ3v) is 4.65. The Balaban J connectivity index is 3.08. The molecule has 0 radical (unpaired) electrons. The number of nitrogens with one attached hydrogen (secondary N) is 1. The molecule has 6 heteroatoms. The summed E-state index contributed by atoms with van der Waals surface area (Å²) in [5.74, 6) is 0.627. The Hall–Kier alpha value is -1.11. The van der Waals surface area contributed by atoms with E-state index in [0.29, 0.717) is 23.3 Å². The third-order valence-electron chi connectivity index (χ3n) is 2.92. The maximum absolute atomic E-state index is 12.2. The zero-order chi connectivity index (χ0) is 14.6. The van der Waals surface area contributed by atoms with Crippen LogP contribution in [0, 0.1) is 13.8 Å². The predicted octanol–water partition coefficient (Wildman–Crippen LogP) is 1.36. The van der Waals surface area contributed by atoms with Crippen molar-refractivity contribution in [1.29, 1.82) is 0 Å². The van der Waals surface area contributed by atoms with E-state index in [0.717, 1.165) is 0 Å². The van der Waals surface area contributed by atoms with Gasteiger partial charge in [0.2, 0.25) is 10.0 Å². The first kappa shape index (κ1) is 15.9.